The van der Waals surface area contributed by atoms with Crippen LogP contribution in [0.5, 0.6) is 0 Å². The fourth-order valence-corrected chi connectivity index (χ4v) is 4.00. The first kappa shape index (κ1) is 13.0. The summed E-state index contributed by atoms with van der Waals surface area (Å²) in [4.78, 5) is 7.05. The van der Waals surface area contributed by atoms with E-state index in [0.717, 1.165) is 35.9 Å². The first-order valence-electron chi connectivity index (χ1n) is 7.78. The number of aliphatic hydroxyl groups excluding tert-OH is 1. The maximum atomic E-state index is 9.91. The monoisotopic (exact) mass is 283 g/mol. The van der Waals surface area contributed by atoms with Crippen LogP contribution in [0.4, 0.5) is 5.82 Å². The number of pyridine rings is 1. The highest BCUT2D eigenvalue weighted by Gasteiger charge is 2.40. The van der Waals surface area contributed by atoms with E-state index in [4.69, 9.17) is 5.73 Å². The van der Waals surface area contributed by atoms with Crippen LogP contribution in [-0.4, -0.2) is 33.2 Å². The predicted molar refractivity (Wildman–Crippen MR) is 83.7 cm³/mol. The molecular formula is C17H21N3O. The molecule has 0 radical (unpaired) electrons. The summed E-state index contributed by atoms with van der Waals surface area (Å²) in [7, 11) is 0. The summed E-state index contributed by atoms with van der Waals surface area (Å²) in [5.41, 5.74) is 8.22. The first-order chi connectivity index (χ1) is 10.2. The van der Waals surface area contributed by atoms with Crippen molar-refractivity contribution in [3.05, 3.63) is 35.9 Å². The number of hydrogen-bond donors (Lipinski definition) is 2. The van der Waals surface area contributed by atoms with E-state index in [2.05, 4.69) is 22.0 Å². The van der Waals surface area contributed by atoms with Crippen molar-refractivity contribution < 1.29 is 5.11 Å². The molecule has 2 unspecified atom stereocenters. The summed E-state index contributed by atoms with van der Waals surface area (Å²) in [6.07, 6.45) is 4.07. The molecule has 0 aliphatic carbocycles. The van der Waals surface area contributed by atoms with Gasteiger partial charge in [0.1, 0.15) is 5.82 Å². The van der Waals surface area contributed by atoms with E-state index in [1.165, 1.54) is 12.8 Å². The molecule has 0 saturated carbocycles. The predicted octanol–water partition coefficient (Wildman–Crippen LogP) is 2.30. The Hall–Kier alpha value is -1.65. The molecule has 4 heteroatoms. The molecular weight excluding hydrogens is 262 g/mol. The highest BCUT2D eigenvalue weighted by atomic mass is 16.3. The van der Waals surface area contributed by atoms with Crippen LogP contribution in [0.2, 0.25) is 0 Å². The second kappa shape index (κ2) is 4.97. The van der Waals surface area contributed by atoms with Crippen LogP contribution >= 0.6 is 0 Å². The van der Waals surface area contributed by atoms with Crippen LogP contribution in [0.15, 0.2) is 30.3 Å². The number of nitrogens with two attached hydrogens (primary N) is 1. The molecule has 2 aliphatic rings. The summed E-state index contributed by atoms with van der Waals surface area (Å²) in [5.74, 6) is 0.638. The number of aliphatic hydroxyl groups is 1. The van der Waals surface area contributed by atoms with Crippen LogP contribution in [0.3, 0.4) is 0 Å². The van der Waals surface area contributed by atoms with Gasteiger partial charge in [-0.15, -0.1) is 0 Å². The van der Waals surface area contributed by atoms with Gasteiger partial charge < -0.3 is 10.8 Å². The summed E-state index contributed by atoms with van der Waals surface area (Å²) < 4.78 is 0. The molecule has 2 atom stereocenters. The van der Waals surface area contributed by atoms with Crippen LogP contribution < -0.4 is 5.73 Å². The van der Waals surface area contributed by atoms with Gasteiger partial charge in [0.2, 0.25) is 0 Å². The van der Waals surface area contributed by atoms with Crippen LogP contribution in [0.25, 0.3) is 10.9 Å². The maximum absolute atomic E-state index is 9.91. The largest absolute Gasteiger partial charge is 0.393 e. The van der Waals surface area contributed by atoms with Crippen molar-refractivity contribution in [2.75, 3.05) is 5.73 Å². The van der Waals surface area contributed by atoms with Crippen LogP contribution in [0.1, 0.15) is 31.2 Å². The third-order valence-electron chi connectivity index (χ3n) is 5.05. The SMILES string of the molecule is Nc1nc2ccccc2cc1CN1C2CCC1CC(O)C2. The Bertz CT molecular complexity index is 658. The number of nitrogen functional groups attached to an aromatic ring is 1. The Kier molecular flexibility index (Phi) is 3.08. The molecule has 1 aromatic heterocycles. The molecule has 2 saturated heterocycles. The Labute approximate surface area is 124 Å². The lowest BCUT2D eigenvalue weighted by Crippen LogP contribution is -2.44. The third kappa shape index (κ3) is 2.28. The molecule has 2 aliphatic heterocycles. The second-order valence-electron chi connectivity index (χ2n) is 6.41. The maximum Gasteiger partial charge on any atom is 0.128 e. The lowest BCUT2D eigenvalue weighted by Gasteiger charge is -2.37. The van der Waals surface area contributed by atoms with Gasteiger partial charge in [-0.05, 0) is 37.8 Å². The molecule has 2 bridgehead atoms. The number of fused-ring (bicyclic) bond motifs is 3. The molecule has 3 heterocycles. The number of rotatable bonds is 2. The zero-order valence-corrected chi connectivity index (χ0v) is 12.1. The average molecular weight is 283 g/mol. The van der Waals surface area contributed by atoms with E-state index < -0.39 is 0 Å². The standard InChI is InChI=1S/C17H21N3O/c18-17-12(7-11-3-1-2-4-16(11)19-17)10-20-13-5-6-14(20)9-15(21)8-13/h1-4,7,13-15,21H,5-6,8-10H2,(H2,18,19). The second-order valence-corrected chi connectivity index (χ2v) is 6.41. The third-order valence-corrected chi connectivity index (χ3v) is 5.05. The van der Waals surface area contributed by atoms with Crippen LogP contribution in [0, 0.1) is 0 Å². The zero-order valence-electron chi connectivity index (χ0n) is 12.1. The number of nitrogens with zero attached hydrogens (tertiary/aromatic N) is 2. The van der Waals surface area contributed by atoms with Gasteiger partial charge in [-0.1, -0.05) is 18.2 Å². The molecule has 1 aromatic carbocycles. The fraction of sp³-hybridized carbons (Fsp3) is 0.471. The van der Waals surface area contributed by atoms with E-state index in [1.807, 2.05) is 18.2 Å². The number of aromatic nitrogens is 1. The summed E-state index contributed by atoms with van der Waals surface area (Å²) in [6.45, 7) is 0.853. The van der Waals surface area contributed by atoms with Crippen molar-refractivity contribution >= 4 is 16.7 Å². The number of piperidine rings is 1. The van der Waals surface area contributed by atoms with E-state index in [-0.39, 0.29) is 6.10 Å². The summed E-state index contributed by atoms with van der Waals surface area (Å²) >= 11 is 0. The van der Waals surface area contributed by atoms with E-state index in [1.54, 1.807) is 0 Å². The lowest BCUT2D eigenvalue weighted by molar-refractivity contribution is 0.0311. The van der Waals surface area contributed by atoms with Gasteiger partial charge in [-0.3, -0.25) is 4.90 Å². The molecule has 0 spiro atoms. The molecule has 21 heavy (non-hydrogen) atoms. The summed E-state index contributed by atoms with van der Waals surface area (Å²) in [6, 6.07) is 11.3. The van der Waals surface area contributed by atoms with Gasteiger partial charge in [0.05, 0.1) is 11.6 Å². The fourth-order valence-electron chi connectivity index (χ4n) is 4.00. The minimum absolute atomic E-state index is 0.120. The van der Waals surface area contributed by atoms with Crippen molar-refractivity contribution in [1.29, 1.82) is 0 Å². The Morgan fingerprint density at radius 2 is 1.90 bits per heavy atom. The Morgan fingerprint density at radius 1 is 1.19 bits per heavy atom. The molecule has 110 valence electrons. The van der Waals surface area contributed by atoms with Crippen molar-refractivity contribution in [1.82, 2.24) is 9.88 Å². The first-order valence-corrected chi connectivity index (χ1v) is 7.78. The highest BCUT2D eigenvalue weighted by molar-refractivity contribution is 5.81. The van der Waals surface area contributed by atoms with Gasteiger partial charge in [0.25, 0.3) is 0 Å². The zero-order chi connectivity index (χ0) is 14.4. The number of para-hydroxylation sites is 1. The van der Waals surface area contributed by atoms with E-state index >= 15 is 0 Å². The lowest BCUT2D eigenvalue weighted by atomic mass is 9.99. The van der Waals surface area contributed by atoms with Crippen molar-refractivity contribution in [3.8, 4) is 0 Å². The Balaban J connectivity index is 1.64. The topological polar surface area (TPSA) is 62.4 Å². The van der Waals surface area contributed by atoms with E-state index in [9.17, 15) is 5.11 Å². The Morgan fingerprint density at radius 3 is 2.67 bits per heavy atom. The molecule has 4 nitrogen and oxygen atoms in total. The molecule has 4 rings (SSSR count). The van der Waals surface area contributed by atoms with Gasteiger partial charge in [-0.2, -0.15) is 0 Å². The number of anilines is 1. The molecule has 2 aromatic rings. The van der Waals surface area contributed by atoms with Crippen LogP contribution in [-0.2, 0) is 6.54 Å². The van der Waals surface area contributed by atoms with Gasteiger partial charge in [-0.25, -0.2) is 4.98 Å². The molecule has 0 amide bonds. The minimum Gasteiger partial charge on any atom is -0.393 e. The quantitative estimate of drug-likeness (QED) is 0.888. The van der Waals surface area contributed by atoms with Gasteiger partial charge in [0.15, 0.2) is 0 Å². The molecule has 2 fully saturated rings. The highest BCUT2D eigenvalue weighted by Crippen LogP contribution is 2.37. The molecule has 3 N–H and O–H groups in total. The normalized spacial score (nSPS) is 29.1. The van der Waals surface area contributed by atoms with E-state index in [0.29, 0.717) is 17.9 Å². The average Bonchev–Trinajstić information content (AvgIpc) is 2.70. The van der Waals surface area contributed by atoms with Crippen molar-refractivity contribution in [2.45, 2.75) is 50.4 Å². The van der Waals surface area contributed by atoms with Crippen molar-refractivity contribution in [2.24, 2.45) is 0 Å². The smallest absolute Gasteiger partial charge is 0.128 e. The number of benzene rings is 1. The van der Waals surface area contributed by atoms with Crippen molar-refractivity contribution in [3.63, 3.8) is 0 Å². The van der Waals surface area contributed by atoms with Gasteiger partial charge in [0, 0.05) is 29.6 Å². The number of hydrogen-bond acceptors (Lipinski definition) is 4. The minimum atomic E-state index is -0.120. The summed E-state index contributed by atoms with van der Waals surface area (Å²) in [5, 5.41) is 11.1. The van der Waals surface area contributed by atoms with Gasteiger partial charge >= 0.3 is 0 Å².